The molecule has 0 saturated carbocycles. The van der Waals surface area contributed by atoms with Crippen LogP contribution in [0.1, 0.15) is 17.3 Å². The largest absolute Gasteiger partial charge is 0.294 e. The molecule has 0 spiro atoms. The summed E-state index contributed by atoms with van der Waals surface area (Å²) >= 11 is 0. The van der Waals surface area contributed by atoms with E-state index >= 15 is 0 Å². The first-order valence-electron chi connectivity index (χ1n) is 5.54. The molecule has 0 aliphatic rings. The number of carbonyl (C=O) groups is 1. The van der Waals surface area contributed by atoms with Crippen LogP contribution in [0.5, 0.6) is 0 Å². The van der Waals surface area contributed by atoms with Gasteiger partial charge in [0, 0.05) is 6.07 Å². The van der Waals surface area contributed by atoms with E-state index in [2.05, 4.69) is 0 Å². The highest BCUT2D eigenvalue weighted by Crippen LogP contribution is 2.27. The van der Waals surface area contributed by atoms with Gasteiger partial charge in [-0.1, -0.05) is 12.1 Å². The summed E-state index contributed by atoms with van der Waals surface area (Å²) in [5.41, 5.74) is 1.15. The van der Waals surface area contributed by atoms with Gasteiger partial charge in [-0.25, -0.2) is 4.39 Å². The Morgan fingerprint density at radius 3 is 2.21 bits per heavy atom. The van der Waals surface area contributed by atoms with Crippen LogP contribution < -0.4 is 0 Å². The molecule has 2 aromatic carbocycles. The van der Waals surface area contributed by atoms with Crippen LogP contribution in [0.4, 0.5) is 10.1 Å². The molecule has 4 nitrogen and oxygen atoms in total. The van der Waals surface area contributed by atoms with Gasteiger partial charge in [0.05, 0.1) is 10.5 Å². The number of hydrogen-bond donors (Lipinski definition) is 0. The number of ketones is 1. The summed E-state index contributed by atoms with van der Waals surface area (Å²) in [6.45, 7) is 1.27. The average molecular weight is 259 g/mol. The van der Waals surface area contributed by atoms with Crippen molar-refractivity contribution in [2.45, 2.75) is 6.92 Å². The third-order valence-electron chi connectivity index (χ3n) is 2.75. The van der Waals surface area contributed by atoms with Crippen LogP contribution in [-0.4, -0.2) is 10.7 Å². The summed E-state index contributed by atoms with van der Waals surface area (Å²) in [5, 5.41) is 10.8. The van der Waals surface area contributed by atoms with Crippen LogP contribution in [0.2, 0.25) is 0 Å². The number of nitrogens with zero attached hydrogens (tertiary/aromatic N) is 1. The number of benzene rings is 2. The number of nitro groups is 1. The van der Waals surface area contributed by atoms with E-state index < -0.39 is 4.92 Å². The second-order valence-electron chi connectivity index (χ2n) is 4.05. The summed E-state index contributed by atoms with van der Waals surface area (Å²) in [6.07, 6.45) is 0. The van der Waals surface area contributed by atoms with Crippen LogP contribution in [-0.2, 0) is 0 Å². The molecule has 0 amide bonds. The van der Waals surface area contributed by atoms with Crippen molar-refractivity contribution in [3.63, 3.8) is 0 Å². The van der Waals surface area contributed by atoms with Crippen LogP contribution in [0, 0.1) is 15.9 Å². The van der Waals surface area contributed by atoms with E-state index in [9.17, 15) is 19.3 Å². The molecule has 0 atom stereocenters. The average Bonchev–Trinajstić information content (AvgIpc) is 2.38. The Hall–Kier alpha value is -2.56. The van der Waals surface area contributed by atoms with Gasteiger partial charge < -0.3 is 0 Å². The van der Waals surface area contributed by atoms with E-state index in [4.69, 9.17) is 0 Å². The second-order valence-corrected chi connectivity index (χ2v) is 4.05. The number of Topliss-reactive ketones (excluding diaryl/α,β-unsaturated/α-hetero) is 1. The Labute approximate surface area is 108 Å². The highest BCUT2D eigenvalue weighted by molar-refractivity contribution is 5.99. The number of nitro benzene ring substituents is 1. The summed E-state index contributed by atoms with van der Waals surface area (Å²) in [7, 11) is 0. The van der Waals surface area contributed by atoms with E-state index in [-0.39, 0.29) is 22.9 Å². The normalized spacial score (nSPS) is 10.2. The van der Waals surface area contributed by atoms with Crippen molar-refractivity contribution in [2.24, 2.45) is 0 Å². The summed E-state index contributed by atoms with van der Waals surface area (Å²) in [6, 6.07) is 9.98. The van der Waals surface area contributed by atoms with Crippen molar-refractivity contribution >= 4 is 11.5 Å². The van der Waals surface area contributed by atoms with Crippen LogP contribution in [0.3, 0.4) is 0 Å². The molecule has 0 unspecified atom stereocenters. The van der Waals surface area contributed by atoms with Gasteiger partial charge in [0.1, 0.15) is 5.82 Å². The molecule has 0 radical (unpaired) electrons. The molecule has 0 fully saturated rings. The van der Waals surface area contributed by atoms with Crippen molar-refractivity contribution in [3.05, 3.63) is 64.0 Å². The van der Waals surface area contributed by atoms with Gasteiger partial charge in [-0.05, 0) is 42.3 Å². The number of rotatable bonds is 3. The Kier molecular flexibility index (Phi) is 3.37. The van der Waals surface area contributed by atoms with Crippen molar-refractivity contribution in [3.8, 4) is 11.1 Å². The molecule has 96 valence electrons. The molecule has 0 bridgehead atoms. The molecule has 0 aliphatic carbocycles. The first-order valence-corrected chi connectivity index (χ1v) is 5.54. The lowest BCUT2D eigenvalue weighted by molar-refractivity contribution is -0.385. The maximum absolute atomic E-state index is 12.8. The van der Waals surface area contributed by atoms with Crippen molar-refractivity contribution in [1.82, 2.24) is 0 Å². The highest BCUT2D eigenvalue weighted by Gasteiger charge is 2.17. The topological polar surface area (TPSA) is 60.2 Å². The summed E-state index contributed by atoms with van der Waals surface area (Å²) in [5.74, 6) is -0.742. The monoisotopic (exact) mass is 259 g/mol. The fraction of sp³-hybridized carbons (Fsp3) is 0.0714. The van der Waals surface area contributed by atoms with Crippen LogP contribution in [0.15, 0.2) is 42.5 Å². The van der Waals surface area contributed by atoms with Gasteiger partial charge in [0.15, 0.2) is 5.78 Å². The van der Waals surface area contributed by atoms with Crippen molar-refractivity contribution < 1.29 is 14.1 Å². The van der Waals surface area contributed by atoms with Gasteiger partial charge in [-0.3, -0.25) is 14.9 Å². The standard InChI is InChI=1S/C14H10FNO3/c1-9(17)13-8-11(4-7-14(13)16(18)19)10-2-5-12(15)6-3-10/h2-8H,1H3. The minimum absolute atomic E-state index is 0.0480. The fourth-order valence-corrected chi connectivity index (χ4v) is 1.80. The maximum Gasteiger partial charge on any atom is 0.280 e. The van der Waals surface area contributed by atoms with E-state index in [1.165, 1.54) is 37.3 Å². The van der Waals surface area contributed by atoms with E-state index in [0.29, 0.717) is 11.1 Å². The molecule has 0 aliphatic heterocycles. The Morgan fingerprint density at radius 1 is 1.11 bits per heavy atom. The predicted molar refractivity (Wildman–Crippen MR) is 68.5 cm³/mol. The molecule has 0 saturated heterocycles. The van der Waals surface area contributed by atoms with E-state index in [1.54, 1.807) is 12.1 Å². The van der Waals surface area contributed by atoms with Crippen LogP contribution >= 0.6 is 0 Å². The van der Waals surface area contributed by atoms with Crippen LogP contribution in [0.25, 0.3) is 11.1 Å². The van der Waals surface area contributed by atoms with Gasteiger partial charge >= 0.3 is 0 Å². The van der Waals surface area contributed by atoms with E-state index in [0.717, 1.165) is 0 Å². The van der Waals surface area contributed by atoms with Gasteiger partial charge in [0.25, 0.3) is 5.69 Å². The Balaban J connectivity index is 2.55. The molecule has 2 aromatic rings. The highest BCUT2D eigenvalue weighted by atomic mass is 19.1. The molecular formula is C14H10FNO3. The van der Waals surface area contributed by atoms with Gasteiger partial charge in [-0.2, -0.15) is 0 Å². The Morgan fingerprint density at radius 2 is 1.68 bits per heavy atom. The lowest BCUT2D eigenvalue weighted by atomic mass is 10.0. The molecule has 2 rings (SSSR count). The quantitative estimate of drug-likeness (QED) is 0.480. The first kappa shape index (κ1) is 12.9. The zero-order chi connectivity index (χ0) is 14.0. The minimum atomic E-state index is -0.592. The molecule has 5 heteroatoms. The third kappa shape index (κ3) is 2.65. The number of hydrogen-bond acceptors (Lipinski definition) is 3. The molecule has 0 aromatic heterocycles. The smallest absolute Gasteiger partial charge is 0.280 e. The second kappa shape index (κ2) is 4.97. The fourth-order valence-electron chi connectivity index (χ4n) is 1.80. The minimum Gasteiger partial charge on any atom is -0.294 e. The number of halogens is 1. The summed E-state index contributed by atoms with van der Waals surface area (Å²) in [4.78, 5) is 21.7. The van der Waals surface area contributed by atoms with E-state index in [1.807, 2.05) is 0 Å². The van der Waals surface area contributed by atoms with Gasteiger partial charge in [0.2, 0.25) is 0 Å². The zero-order valence-corrected chi connectivity index (χ0v) is 10.1. The van der Waals surface area contributed by atoms with Crippen molar-refractivity contribution in [2.75, 3.05) is 0 Å². The van der Waals surface area contributed by atoms with Gasteiger partial charge in [-0.15, -0.1) is 0 Å². The molecular weight excluding hydrogens is 249 g/mol. The summed E-state index contributed by atoms with van der Waals surface area (Å²) < 4.78 is 12.8. The third-order valence-corrected chi connectivity index (χ3v) is 2.75. The lowest BCUT2D eigenvalue weighted by Gasteiger charge is -2.04. The molecule has 0 heterocycles. The maximum atomic E-state index is 12.8. The zero-order valence-electron chi connectivity index (χ0n) is 10.1. The first-order chi connectivity index (χ1) is 8.99. The number of carbonyl (C=O) groups excluding carboxylic acids is 1. The predicted octanol–water partition coefficient (Wildman–Crippen LogP) is 3.60. The molecule has 19 heavy (non-hydrogen) atoms. The lowest BCUT2D eigenvalue weighted by Crippen LogP contribution is -2.00. The Bertz CT molecular complexity index is 650. The molecule has 0 N–H and O–H groups in total. The SMILES string of the molecule is CC(=O)c1cc(-c2ccc(F)cc2)ccc1[N+](=O)[O-]. The van der Waals surface area contributed by atoms with Crippen molar-refractivity contribution in [1.29, 1.82) is 0 Å².